The van der Waals surface area contributed by atoms with Gasteiger partial charge >= 0.3 is 0 Å². The van der Waals surface area contributed by atoms with Gasteiger partial charge in [-0.3, -0.25) is 19.9 Å². The van der Waals surface area contributed by atoms with E-state index in [1.165, 1.54) is 0 Å². The number of piperazine rings is 1. The van der Waals surface area contributed by atoms with E-state index in [0.717, 1.165) is 58.2 Å². The van der Waals surface area contributed by atoms with E-state index in [2.05, 4.69) is 25.1 Å². The lowest BCUT2D eigenvalue weighted by Crippen LogP contribution is -2.50. The molecule has 2 aromatic carbocycles. The highest BCUT2D eigenvalue weighted by molar-refractivity contribution is 7.18. The zero-order valence-electron chi connectivity index (χ0n) is 20.0. The van der Waals surface area contributed by atoms with Gasteiger partial charge in [0.2, 0.25) is 11.9 Å². The SMILES string of the molecule is Cc1nc2ccc(OCC(O)CN3CCN(CC(=O)Nc4nc5ccccc5n4C)CC3)cc2s1. The topological polar surface area (TPSA) is 95.8 Å². The van der Waals surface area contributed by atoms with Crippen molar-refractivity contribution in [1.82, 2.24) is 24.3 Å². The highest BCUT2D eigenvalue weighted by Gasteiger charge is 2.22. The molecule has 1 atom stereocenters. The number of hydrogen-bond acceptors (Lipinski definition) is 8. The molecule has 0 spiro atoms. The van der Waals surface area contributed by atoms with Crippen LogP contribution in [0.2, 0.25) is 0 Å². The molecule has 1 amide bonds. The number of para-hydroxylation sites is 2. The number of nitrogens with one attached hydrogen (secondary N) is 1. The van der Waals surface area contributed by atoms with E-state index < -0.39 is 6.10 Å². The first-order valence-corrected chi connectivity index (χ1v) is 12.6. The number of amides is 1. The van der Waals surface area contributed by atoms with Gasteiger partial charge in [-0.15, -0.1) is 11.3 Å². The molecule has 0 bridgehead atoms. The molecule has 3 heterocycles. The van der Waals surface area contributed by atoms with Gasteiger partial charge in [-0.05, 0) is 37.3 Å². The molecule has 1 aliphatic rings. The average molecular weight is 495 g/mol. The number of rotatable bonds is 8. The smallest absolute Gasteiger partial charge is 0.240 e. The summed E-state index contributed by atoms with van der Waals surface area (Å²) < 4.78 is 8.80. The van der Waals surface area contributed by atoms with E-state index >= 15 is 0 Å². The quantitative estimate of drug-likeness (QED) is 0.389. The number of fused-ring (bicyclic) bond motifs is 2. The van der Waals surface area contributed by atoms with E-state index in [9.17, 15) is 9.90 Å². The van der Waals surface area contributed by atoms with Crippen molar-refractivity contribution in [2.75, 3.05) is 51.2 Å². The predicted octanol–water partition coefficient (Wildman–Crippen LogP) is 2.49. The molecule has 0 saturated carbocycles. The molecule has 1 saturated heterocycles. The van der Waals surface area contributed by atoms with Crippen LogP contribution in [-0.4, -0.2) is 87.3 Å². The lowest BCUT2D eigenvalue weighted by molar-refractivity contribution is -0.117. The summed E-state index contributed by atoms with van der Waals surface area (Å²) in [6.45, 7) is 6.22. The third-order valence-corrected chi connectivity index (χ3v) is 7.18. The number of ether oxygens (including phenoxy) is 1. The number of imidazole rings is 1. The van der Waals surface area contributed by atoms with Crippen LogP contribution in [0.15, 0.2) is 42.5 Å². The summed E-state index contributed by atoms with van der Waals surface area (Å²) in [6, 6.07) is 13.6. The van der Waals surface area contributed by atoms with Gasteiger partial charge in [0, 0.05) is 39.8 Å². The number of aromatic nitrogens is 3. The highest BCUT2D eigenvalue weighted by atomic mass is 32.1. The maximum Gasteiger partial charge on any atom is 0.240 e. The number of benzene rings is 2. The molecule has 2 aromatic heterocycles. The fourth-order valence-corrected chi connectivity index (χ4v) is 5.26. The number of thiazole rings is 1. The summed E-state index contributed by atoms with van der Waals surface area (Å²) in [5.41, 5.74) is 2.82. The zero-order valence-corrected chi connectivity index (χ0v) is 20.8. The first-order valence-electron chi connectivity index (χ1n) is 11.8. The van der Waals surface area contributed by atoms with Crippen molar-refractivity contribution in [1.29, 1.82) is 0 Å². The monoisotopic (exact) mass is 494 g/mol. The third kappa shape index (κ3) is 5.62. The number of carbonyl (C=O) groups is 1. The van der Waals surface area contributed by atoms with Crippen molar-refractivity contribution in [3.63, 3.8) is 0 Å². The Bertz CT molecular complexity index is 1330. The predicted molar refractivity (Wildman–Crippen MR) is 138 cm³/mol. The maximum atomic E-state index is 12.6. The van der Waals surface area contributed by atoms with Crippen LogP contribution in [0.4, 0.5) is 5.95 Å². The van der Waals surface area contributed by atoms with Crippen LogP contribution >= 0.6 is 11.3 Å². The molecular formula is C25H30N6O3S. The largest absolute Gasteiger partial charge is 0.491 e. The summed E-state index contributed by atoms with van der Waals surface area (Å²) in [4.78, 5) is 25.9. The second-order valence-corrected chi connectivity index (χ2v) is 10.2. The van der Waals surface area contributed by atoms with Crippen LogP contribution in [0.25, 0.3) is 21.3 Å². The summed E-state index contributed by atoms with van der Waals surface area (Å²) in [5.74, 6) is 1.23. The summed E-state index contributed by atoms with van der Waals surface area (Å²) in [7, 11) is 1.90. The third-order valence-electron chi connectivity index (χ3n) is 6.25. The minimum atomic E-state index is -0.582. The van der Waals surface area contributed by atoms with Crippen molar-refractivity contribution >= 4 is 44.4 Å². The normalized spacial score (nSPS) is 16.1. The molecule has 4 aromatic rings. The summed E-state index contributed by atoms with van der Waals surface area (Å²) >= 11 is 1.64. The van der Waals surface area contributed by atoms with Gasteiger partial charge in [0.15, 0.2) is 0 Å². The maximum absolute atomic E-state index is 12.6. The average Bonchev–Trinajstić information content (AvgIpc) is 3.37. The molecular weight excluding hydrogens is 464 g/mol. The van der Waals surface area contributed by atoms with Gasteiger partial charge in [-0.1, -0.05) is 12.1 Å². The van der Waals surface area contributed by atoms with Gasteiger partial charge in [0.25, 0.3) is 0 Å². The van der Waals surface area contributed by atoms with Gasteiger partial charge in [0.05, 0.1) is 32.8 Å². The molecule has 1 unspecified atom stereocenters. The Hall–Kier alpha value is -3.05. The molecule has 2 N–H and O–H groups in total. The van der Waals surface area contributed by atoms with Crippen LogP contribution in [0.5, 0.6) is 5.75 Å². The zero-order chi connectivity index (χ0) is 24.4. The number of aliphatic hydroxyl groups excluding tert-OH is 1. The first-order chi connectivity index (χ1) is 16.9. The van der Waals surface area contributed by atoms with E-state index in [1.807, 2.05) is 61.0 Å². The molecule has 0 aliphatic carbocycles. The van der Waals surface area contributed by atoms with E-state index in [0.29, 0.717) is 19.0 Å². The number of hydrogen-bond donors (Lipinski definition) is 2. The molecule has 35 heavy (non-hydrogen) atoms. The molecule has 9 nitrogen and oxygen atoms in total. The Balaban J connectivity index is 1.04. The Morgan fingerprint density at radius 3 is 2.69 bits per heavy atom. The minimum Gasteiger partial charge on any atom is -0.491 e. The van der Waals surface area contributed by atoms with Gasteiger partial charge in [0.1, 0.15) is 18.5 Å². The highest BCUT2D eigenvalue weighted by Crippen LogP contribution is 2.26. The van der Waals surface area contributed by atoms with Gasteiger partial charge in [-0.25, -0.2) is 9.97 Å². The molecule has 1 fully saturated rings. The van der Waals surface area contributed by atoms with E-state index in [-0.39, 0.29) is 12.5 Å². The van der Waals surface area contributed by atoms with Crippen molar-refractivity contribution < 1.29 is 14.6 Å². The molecule has 184 valence electrons. The number of nitrogens with zero attached hydrogens (tertiary/aromatic N) is 5. The summed E-state index contributed by atoms with van der Waals surface area (Å²) in [6.07, 6.45) is -0.582. The fourth-order valence-electron chi connectivity index (χ4n) is 4.41. The van der Waals surface area contributed by atoms with E-state index in [1.54, 1.807) is 11.3 Å². The van der Waals surface area contributed by atoms with Crippen LogP contribution in [0.3, 0.4) is 0 Å². The Morgan fingerprint density at radius 2 is 1.89 bits per heavy atom. The second kappa shape index (κ2) is 10.3. The lowest BCUT2D eigenvalue weighted by atomic mass is 10.2. The number of aryl methyl sites for hydroxylation is 2. The number of anilines is 1. The molecule has 5 rings (SSSR count). The Morgan fingerprint density at radius 1 is 1.11 bits per heavy atom. The van der Waals surface area contributed by atoms with Crippen LogP contribution in [0, 0.1) is 6.92 Å². The van der Waals surface area contributed by atoms with Crippen LogP contribution < -0.4 is 10.1 Å². The van der Waals surface area contributed by atoms with Crippen molar-refractivity contribution in [3.05, 3.63) is 47.5 Å². The van der Waals surface area contributed by atoms with Crippen molar-refractivity contribution in [2.45, 2.75) is 13.0 Å². The molecule has 10 heteroatoms. The fraction of sp³-hybridized carbons (Fsp3) is 0.400. The van der Waals surface area contributed by atoms with Crippen LogP contribution in [0.1, 0.15) is 5.01 Å². The molecule has 1 aliphatic heterocycles. The van der Waals surface area contributed by atoms with Gasteiger partial charge < -0.3 is 14.4 Å². The van der Waals surface area contributed by atoms with Crippen LogP contribution in [-0.2, 0) is 11.8 Å². The lowest BCUT2D eigenvalue weighted by Gasteiger charge is -2.35. The second-order valence-electron chi connectivity index (χ2n) is 8.94. The Kier molecular flexibility index (Phi) is 6.96. The number of β-amino-alcohol motifs (C(OH)–C–C–N with tert-alkyl or cyclic N) is 1. The number of aliphatic hydroxyl groups is 1. The number of carbonyl (C=O) groups excluding carboxylic acids is 1. The van der Waals surface area contributed by atoms with Gasteiger partial charge in [-0.2, -0.15) is 0 Å². The first kappa shape index (κ1) is 23.7. The van der Waals surface area contributed by atoms with Crippen molar-refractivity contribution in [3.8, 4) is 5.75 Å². The summed E-state index contributed by atoms with van der Waals surface area (Å²) in [5, 5.41) is 14.4. The van der Waals surface area contributed by atoms with Crippen molar-refractivity contribution in [2.24, 2.45) is 7.05 Å². The Labute approximate surface area is 207 Å². The standard InChI is InChI=1S/C25H30N6O3S/c1-17-26-21-8-7-19(13-23(21)35-17)34-16-18(32)14-30-9-11-31(12-10-30)15-24(33)28-25-27-20-5-3-4-6-22(20)29(25)2/h3-8,13,18,32H,9-12,14-16H2,1-2H3,(H,27,28,33). The van der Waals surface area contributed by atoms with E-state index in [4.69, 9.17) is 4.74 Å². The molecule has 0 radical (unpaired) electrons. The minimum absolute atomic E-state index is 0.0709.